The average Bonchev–Trinajstić information content (AvgIpc) is 2.71. The summed E-state index contributed by atoms with van der Waals surface area (Å²) in [5.41, 5.74) is 3.22. The quantitative estimate of drug-likeness (QED) is 0.443. The Morgan fingerprint density at radius 2 is 2.00 bits per heavy atom. The van der Waals surface area contributed by atoms with E-state index in [1.807, 2.05) is 30.5 Å². The molecule has 1 aromatic carbocycles. The molecule has 0 amide bonds. The SMILES string of the molecule is CCCC(CCO)CNC(=NCc1cccc(-c2ccccn2)c1)NCC. The number of guanidine groups is 1. The molecule has 2 rings (SSSR count). The highest BCUT2D eigenvalue weighted by Gasteiger charge is 2.08. The number of aliphatic hydroxyl groups is 1. The van der Waals surface area contributed by atoms with E-state index in [1.165, 1.54) is 0 Å². The molecule has 1 atom stereocenters. The van der Waals surface area contributed by atoms with Crippen LogP contribution in [-0.2, 0) is 6.54 Å². The zero-order valence-electron chi connectivity index (χ0n) is 16.5. The molecule has 0 aliphatic heterocycles. The van der Waals surface area contributed by atoms with Crippen LogP contribution in [0.15, 0.2) is 53.7 Å². The summed E-state index contributed by atoms with van der Waals surface area (Å²) in [6.07, 6.45) is 4.87. The third kappa shape index (κ3) is 7.39. The molecule has 0 fully saturated rings. The average molecular weight is 369 g/mol. The second-order valence-electron chi connectivity index (χ2n) is 6.66. The number of aliphatic imine (C=N–C) groups is 1. The summed E-state index contributed by atoms with van der Waals surface area (Å²) in [5.74, 6) is 1.29. The van der Waals surface area contributed by atoms with Crippen molar-refractivity contribution in [2.45, 2.75) is 39.7 Å². The van der Waals surface area contributed by atoms with Gasteiger partial charge in [-0.15, -0.1) is 0 Å². The number of hydrogen-bond acceptors (Lipinski definition) is 3. The van der Waals surface area contributed by atoms with E-state index in [0.717, 1.165) is 55.1 Å². The molecule has 5 heteroatoms. The fourth-order valence-corrected chi connectivity index (χ4v) is 3.05. The van der Waals surface area contributed by atoms with Gasteiger partial charge in [-0.1, -0.05) is 37.6 Å². The maximum absolute atomic E-state index is 9.23. The first-order chi connectivity index (χ1) is 13.3. The Morgan fingerprint density at radius 3 is 2.70 bits per heavy atom. The van der Waals surface area contributed by atoms with Crippen LogP contribution in [0.1, 0.15) is 38.7 Å². The highest BCUT2D eigenvalue weighted by molar-refractivity contribution is 5.79. The molecule has 0 saturated heterocycles. The van der Waals surface area contributed by atoms with Crippen LogP contribution in [0.4, 0.5) is 0 Å². The molecule has 1 unspecified atom stereocenters. The van der Waals surface area contributed by atoms with Crippen molar-refractivity contribution < 1.29 is 5.11 Å². The molecule has 0 bridgehead atoms. The van der Waals surface area contributed by atoms with Crippen LogP contribution in [0.25, 0.3) is 11.3 Å². The topological polar surface area (TPSA) is 69.5 Å². The number of aliphatic hydroxyl groups excluding tert-OH is 1. The maximum Gasteiger partial charge on any atom is 0.191 e. The molecule has 3 N–H and O–H groups in total. The van der Waals surface area contributed by atoms with Gasteiger partial charge in [-0.25, -0.2) is 4.99 Å². The van der Waals surface area contributed by atoms with Gasteiger partial charge in [-0.2, -0.15) is 0 Å². The number of aromatic nitrogens is 1. The zero-order valence-corrected chi connectivity index (χ0v) is 16.5. The summed E-state index contributed by atoms with van der Waals surface area (Å²) in [6.45, 7) is 6.73. The van der Waals surface area contributed by atoms with Crippen molar-refractivity contribution in [2.24, 2.45) is 10.9 Å². The highest BCUT2D eigenvalue weighted by Crippen LogP contribution is 2.18. The molecule has 27 heavy (non-hydrogen) atoms. The maximum atomic E-state index is 9.23. The minimum Gasteiger partial charge on any atom is -0.396 e. The number of benzene rings is 1. The van der Waals surface area contributed by atoms with E-state index in [1.54, 1.807) is 0 Å². The van der Waals surface area contributed by atoms with Crippen LogP contribution in [0.5, 0.6) is 0 Å². The van der Waals surface area contributed by atoms with Crippen LogP contribution in [0, 0.1) is 5.92 Å². The van der Waals surface area contributed by atoms with Crippen molar-refractivity contribution in [1.82, 2.24) is 15.6 Å². The molecule has 5 nitrogen and oxygen atoms in total. The second-order valence-corrected chi connectivity index (χ2v) is 6.66. The molecule has 1 heterocycles. The molecule has 0 spiro atoms. The van der Waals surface area contributed by atoms with Crippen molar-refractivity contribution >= 4 is 5.96 Å². The Bertz CT molecular complexity index is 682. The Morgan fingerprint density at radius 1 is 1.11 bits per heavy atom. The molecular weight excluding hydrogens is 336 g/mol. The predicted octanol–water partition coefficient (Wildman–Crippen LogP) is 3.60. The smallest absolute Gasteiger partial charge is 0.191 e. The van der Waals surface area contributed by atoms with Crippen molar-refractivity contribution in [3.05, 3.63) is 54.2 Å². The molecule has 146 valence electrons. The summed E-state index contributed by atoms with van der Waals surface area (Å²) >= 11 is 0. The van der Waals surface area contributed by atoms with E-state index in [9.17, 15) is 5.11 Å². The van der Waals surface area contributed by atoms with Crippen molar-refractivity contribution in [3.63, 3.8) is 0 Å². The van der Waals surface area contributed by atoms with Crippen molar-refractivity contribution in [2.75, 3.05) is 19.7 Å². The largest absolute Gasteiger partial charge is 0.396 e. The number of nitrogens with one attached hydrogen (secondary N) is 2. The minimum atomic E-state index is 0.236. The number of pyridine rings is 1. The van der Waals surface area contributed by atoms with Gasteiger partial charge in [0.25, 0.3) is 0 Å². The van der Waals surface area contributed by atoms with Gasteiger partial charge in [0.2, 0.25) is 0 Å². The second kappa shape index (κ2) is 12.1. The Labute approximate surface area is 163 Å². The molecule has 0 aliphatic carbocycles. The van der Waals surface area contributed by atoms with Crippen molar-refractivity contribution in [1.29, 1.82) is 0 Å². The first kappa shape index (κ1) is 20.9. The summed E-state index contributed by atoms with van der Waals surface area (Å²) in [4.78, 5) is 9.14. The lowest BCUT2D eigenvalue weighted by Gasteiger charge is -2.18. The third-order valence-corrected chi connectivity index (χ3v) is 4.44. The van der Waals surface area contributed by atoms with E-state index in [4.69, 9.17) is 4.99 Å². The molecule has 0 saturated carbocycles. The van der Waals surface area contributed by atoms with E-state index in [-0.39, 0.29) is 6.61 Å². The summed E-state index contributed by atoms with van der Waals surface area (Å²) in [7, 11) is 0. The Hall–Kier alpha value is -2.40. The fourth-order valence-electron chi connectivity index (χ4n) is 3.05. The van der Waals surface area contributed by atoms with E-state index >= 15 is 0 Å². The van der Waals surface area contributed by atoms with Gasteiger partial charge in [-0.3, -0.25) is 4.98 Å². The van der Waals surface area contributed by atoms with Crippen LogP contribution in [0.2, 0.25) is 0 Å². The lowest BCUT2D eigenvalue weighted by molar-refractivity contribution is 0.251. The predicted molar refractivity (Wildman–Crippen MR) is 113 cm³/mol. The Balaban J connectivity index is 2.01. The highest BCUT2D eigenvalue weighted by atomic mass is 16.3. The van der Waals surface area contributed by atoms with Gasteiger partial charge in [0.1, 0.15) is 0 Å². The van der Waals surface area contributed by atoms with Gasteiger partial charge in [0, 0.05) is 31.5 Å². The first-order valence-electron chi connectivity index (χ1n) is 9.90. The summed E-state index contributed by atoms with van der Waals surface area (Å²) in [6, 6.07) is 14.3. The van der Waals surface area contributed by atoms with Gasteiger partial charge >= 0.3 is 0 Å². The van der Waals surface area contributed by atoms with Crippen molar-refractivity contribution in [3.8, 4) is 11.3 Å². The summed E-state index contributed by atoms with van der Waals surface area (Å²) < 4.78 is 0. The molecule has 2 aromatic rings. The number of rotatable bonds is 10. The van der Waals surface area contributed by atoms with Gasteiger partial charge in [0.15, 0.2) is 5.96 Å². The zero-order chi connectivity index (χ0) is 19.3. The summed E-state index contributed by atoms with van der Waals surface area (Å²) in [5, 5.41) is 16.0. The van der Waals surface area contributed by atoms with E-state index < -0.39 is 0 Å². The van der Waals surface area contributed by atoms with Crippen LogP contribution in [-0.4, -0.2) is 35.7 Å². The fraction of sp³-hybridized carbons (Fsp3) is 0.455. The standard InChI is InChI=1S/C22H32N4O/c1-3-8-18(12-14-27)16-25-22(23-4-2)26-17-19-9-7-10-20(15-19)21-11-5-6-13-24-21/h5-7,9-11,13,15,18,27H,3-4,8,12,14,16-17H2,1-2H3,(H2,23,25,26). The van der Waals surface area contributed by atoms with Gasteiger partial charge in [0.05, 0.1) is 12.2 Å². The Kier molecular flexibility index (Phi) is 9.35. The number of hydrogen-bond donors (Lipinski definition) is 3. The lowest BCUT2D eigenvalue weighted by Crippen LogP contribution is -2.40. The van der Waals surface area contributed by atoms with Crippen LogP contribution < -0.4 is 10.6 Å². The number of nitrogens with zero attached hydrogens (tertiary/aromatic N) is 2. The normalized spacial score (nSPS) is 12.6. The molecule has 0 aliphatic rings. The van der Waals surface area contributed by atoms with Gasteiger partial charge < -0.3 is 15.7 Å². The first-order valence-corrected chi connectivity index (χ1v) is 9.90. The lowest BCUT2D eigenvalue weighted by atomic mass is 10.0. The third-order valence-electron chi connectivity index (χ3n) is 4.44. The van der Waals surface area contributed by atoms with E-state index in [2.05, 4.69) is 47.7 Å². The molecule has 0 radical (unpaired) electrons. The molecular formula is C22H32N4O. The molecule has 1 aromatic heterocycles. The van der Waals surface area contributed by atoms with Crippen LogP contribution in [0.3, 0.4) is 0 Å². The van der Waals surface area contributed by atoms with E-state index in [0.29, 0.717) is 12.5 Å². The van der Waals surface area contributed by atoms with Gasteiger partial charge in [-0.05, 0) is 49.4 Å². The monoisotopic (exact) mass is 368 g/mol. The van der Waals surface area contributed by atoms with Crippen LogP contribution >= 0.6 is 0 Å². The minimum absolute atomic E-state index is 0.236.